The Morgan fingerprint density at radius 3 is 3.11 bits per heavy atom. The highest BCUT2D eigenvalue weighted by atomic mass is 16.5. The van der Waals surface area contributed by atoms with E-state index in [1.165, 1.54) is 12.3 Å². The lowest BCUT2D eigenvalue weighted by Crippen LogP contribution is -2.18. The van der Waals surface area contributed by atoms with Crippen LogP contribution in [-0.4, -0.2) is 11.2 Å². The molecule has 0 atom stereocenters. The molecule has 5 heteroatoms. The van der Waals surface area contributed by atoms with Gasteiger partial charge in [-0.25, -0.2) is 4.79 Å². The van der Waals surface area contributed by atoms with Gasteiger partial charge in [0.15, 0.2) is 5.82 Å². The predicted octanol–water partition coefficient (Wildman–Crippen LogP) is -0.0108. The first-order valence-electron chi connectivity index (χ1n) is 2.20. The highest BCUT2D eigenvalue weighted by Gasteiger charge is 1.99. The van der Waals surface area contributed by atoms with E-state index in [2.05, 4.69) is 15.0 Å². The van der Waals surface area contributed by atoms with Crippen LogP contribution in [-0.2, 0) is 0 Å². The maximum Gasteiger partial charge on any atom is 0.340 e. The Labute approximate surface area is 50.8 Å². The SMILES string of the molecule is NC(=O)[N]c1ccon1. The second kappa shape index (κ2) is 2.17. The molecule has 1 aromatic heterocycles. The number of urea groups is 1. The Hall–Kier alpha value is -1.52. The summed E-state index contributed by atoms with van der Waals surface area (Å²) in [5, 5.41) is 6.57. The molecule has 0 aliphatic rings. The van der Waals surface area contributed by atoms with E-state index in [0.717, 1.165) is 0 Å². The number of amides is 2. The second-order valence-electron chi connectivity index (χ2n) is 1.31. The predicted molar refractivity (Wildman–Crippen MR) is 27.9 cm³/mol. The van der Waals surface area contributed by atoms with Crippen molar-refractivity contribution in [1.82, 2.24) is 10.5 Å². The van der Waals surface area contributed by atoms with Crippen LogP contribution in [0.2, 0.25) is 0 Å². The normalized spacial score (nSPS) is 8.89. The lowest BCUT2D eigenvalue weighted by Gasteiger charge is -1.84. The van der Waals surface area contributed by atoms with Crippen molar-refractivity contribution in [3.8, 4) is 0 Å². The summed E-state index contributed by atoms with van der Waals surface area (Å²) < 4.78 is 4.36. The number of hydrogen-bond donors (Lipinski definition) is 1. The van der Waals surface area contributed by atoms with Crippen molar-refractivity contribution in [3.05, 3.63) is 12.3 Å². The standard InChI is InChI=1S/C4H4N3O2/c5-4(8)6-3-1-2-9-7-3/h1-2H,(H2,5,8). The Kier molecular flexibility index (Phi) is 1.35. The summed E-state index contributed by atoms with van der Waals surface area (Å²) in [6.45, 7) is 0. The van der Waals surface area contributed by atoms with Crippen LogP contribution < -0.4 is 11.1 Å². The molecule has 0 aromatic carbocycles. The molecular formula is C4H4N3O2. The van der Waals surface area contributed by atoms with Crippen LogP contribution in [0.4, 0.5) is 10.6 Å². The van der Waals surface area contributed by atoms with Crippen molar-refractivity contribution in [1.29, 1.82) is 0 Å². The molecule has 47 valence electrons. The van der Waals surface area contributed by atoms with Crippen LogP contribution in [0.3, 0.4) is 0 Å². The molecule has 0 aliphatic carbocycles. The quantitative estimate of drug-likeness (QED) is 0.574. The molecule has 0 fully saturated rings. The Morgan fingerprint density at radius 1 is 1.89 bits per heavy atom. The average molecular weight is 126 g/mol. The number of aromatic nitrogens is 1. The highest BCUT2D eigenvalue weighted by molar-refractivity contribution is 5.75. The van der Waals surface area contributed by atoms with Gasteiger partial charge in [0.05, 0.1) is 0 Å². The lowest BCUT2D eigenvalue weighted by atomic mass is 10.6. The van der Waals surface area contributed by atoms with Gasteiger partial charge in [0.1, 0.15) is 6.26 Å². The number of nitrogens with zero attached hydrogens (tertiary/aromatic N) is 2. The molecule has 0 aliphatic heterocycles. The zero-order valence-electron chi connectivity index (χ0n) is 4.44. The molecule has 1 radical (unpaired) electrons. The molecule has 1 rings (SSSR count). The first kappa shape index (κ1) is 5.61. The van der Waals surface area contributed by atoms with E-state index < -0.39 is 6.03 Å². The minimum absolute atomic E-state index is 0.197. The maximum atomic E-state index is 10.0. The summed E-state index contributed by atoms with van der Waals surface area (Å²) in [6.07, 6.45) is 1.31. The molecule has 1 heterocycles. The van der Waals surface area contributed by atoms with Gasteiger partial charge in [-0.2, -0.15) is 5.32 Å². The molecule has 1 aromatic rings. The molecule has 0 spiro atoms. The van der Waals surface area contributed by atoms with Crippen LogP contribution in [0.15, 0.2) is 16.9 Å². The molecular weight excluding hydrogens is 122 g/mol. The van der Waals surface area contributed by atoms with Crippen molar-refractivity contribution >= 4 is 11.8 Å². The Morgan fingerprint density at radius 2 is 2.67 bits per heavy atom. The zero-order valence-corrected chi connectivity index (χ0v) is 4.44. The molecule has 0 saturated carbocycles. The van der Waals surface area contributed by atoms with E-state index in [-0.39, 0.29) is 5.82 Å². The van der Waals surface area contributed by atoms with Gasteiger partial charge < -0.3 is 10.3 Å². The van der Waals surface area contributed by atoms with Crippen LogP contribution >= 0.6 is 0 Å². The topological polar surface area (TPSA) is 83.2 Å². The van der Waals surface area contributed by atoms with Gasteiger partial charge in [0, 0.05) is 6.07 Å². The lowest BCUT2D eigenvalue weighted by molar-refractivity contribution is 0.251. The molecule has 5 nitrogen and oxygen atoms in total. The largest absolute Gasteiger partial charge is 0.363 e. The van der Waals surface area contributed by atoms with Gasteiger partial charge in [-0.15, -0.1) is 0 Å². The molecule has 0 bridgehead atoms. The number of nitrogens with two attached hydrogens (primary N) is 1. The molecule has 2 N–H and O–H groups in total. The van der Waals surface area contributed by atoms with Gasteiger partial charge in [-0.05, 0) is 0 Å². The van der Waals surface area contributed by atoms with E-state index in [1.54, 1.807) is 0 Å². The molecule has 0 unspecified atom stereocenters. The van der Waals surface area contributed by atoms with Crippen LogP contribution in [0.1, 0.15) is 0 Å². The number of carbonyl (C=O) groups is 1. The van der Waals surface area contributed by atoms with Gasteiger partial charge >= 0.3 is 6.03 Å². The van der Waals surface area contributed by atoms with Gasteiger partial charge in [-0.3, -0.25) is 0 Å². The summed E-state index contributed by atoms with van der Waals surface area (Å²) in [6, 6.07) is 0.661. The van der Waals surface area contributed by atoms with Crippen molar-refractivity contribution in [3.63, 3.8) is 0 Å². The van der Waals surface area contributed by atoms with E-state index >= 15 is 0 Å². The summed E-state index contributed by atoms with van der Waals surface area (Å²) in [7, 11) is 0. The number of primary amides is 1. The Bertz CT molecular complexity index is 194. The van der Waals surface area contributed by atoms with Crippen LogP contribution in [0, 0.1) is 0 Å². The van der Waals surface area contributed by atoms with Crippen molar-refractivity contribution in [2.75, 3.05) is 0 Å². The fourth-order valence-corrected chi connectivity index (χ4v) is 0.377. The summed E-state index contributed by atoms with van der Waals surface area (Å²) >= 11 is 0. The summed E-state index contributed by atoms with van der Waals surface area (Å²) in [4.78, 5) is 10.0. The number of hydrogen-bond acceptors (Lipinski definition) is 3. The van der Waals surface area contributed by atoms with Crippen molar-refractivity contribution < 1.29 is 9.32 Å². The minimum Gasteiger partial charge on any atom is -0.363 e. The Balaban J connectivity index is 2.58. The summed E-state index contributed by atoms with van der Waals surface area (Å²) in [5.41, 5.74) is 4.70. The van der Waals surface area contributed by atoms with E-state index in [1.807, 2.05) is 0 Å². The van der Waals surface area contributed by atoms with Crippen molar-refractivity contribution in [2.45, 2.75) is 0 Å². The smallest absolute Gasteiger partial charge is 0.340 e. The second-order valence-corrected chi connectivity index (χ2v) is 1.31. The van der Waals surface area contributed by atoms with Gasteiger partial charge in [0.2, 0.25) is 0 Å². The van der Waals surface area contributed by atoms with E-state index in [4.69, 9.17) is 5.73 Å². The molecule has 2 amide bonds. The third kappa shape index (κ3) is 1.45. The fraction of sp³-hybridized carbons (Fsp3) is 0. The van der Waals surface area contributed by atoms with Crippen LogP contribution in [0.25, 0.3) is 0 Å². The third-order valence-corrected chi connectivity index (χ3v) is 0.649. The van der Waals surface area contributed by atoms with Gasteiger partial charge in [0.25, 0.3) is 0 Å². The average Bonchev–Trinajstić information content (AvgIpc) is 2.15. The zero-order chi connectivity index (χ0) is 6.69. The third-order valence-electron chi connectivity index (χ3n) is 0.649. The van der Waals surface area contributed by atoms with Gasteiger partial charge in [-0.1, -0.05) is 5.16 Å². The van der Waals surface area contributed by atoms with Crippen molar-refractivity contribution in [2.24, 2.45) is 5.73 Å². The first-order valence-corrected chi connectivity index (χ1v) is 2.20. The summed E-state index contributed by atoms with van der Waals surface area (Å²) in [5.74, 6) is 0.197. The molecule has 9 heavy (non-hydrogen) atoms. The first-order chi connectivity index (χ1) is 4.29. The minimum atomic E-state index is -0.774. The molecule has 0 saturated heterocycles. The fourth-order valence-electron chi connectivity index (χ4n) is 0.377. The maximum absolute atomic E-state index is 10.0. The highest BCUT2D eigenvalue weighted by Crippen LogP contribution is 1.98. The number of carbonyl (C=O) groups excluding carboxylic acids is 1. The monoisotopic (exact) mass is 126 g/mol. The van der Waals surface area contributed by atoms with Crippen LogP contribution in [0.5, 0.6) is 0 Å². The van der Waals surface area contributed by atoms with E-state index in [9.17, 15) is 4.79 Å². The number of rotatable bonds is 1. The van der Waals surface area contributed by atoms with E-state index in [0.29, 0.717) is 0 Å².